The van der Waals surface area contributed by atoms with Gasteiger partial charge in [0.2, 0.25) is 0 Å². The van der Waals surface area contributed by atoms with Crippen molar-refractivity contribution in [3.05, 3.63) is 30.2 Å². The van der Waals surface area contributed by atoms with E-state index in [-0.39, 0.29) is 0 Å². The van der Waals surface area contributed by atoms with Crippen LogP contribution in [-0.4, -0.2) is 10.3 Å². The standard InChI is InChI=1S/C10H6BrNO/c11-5-1-2-8-3-4-10-9(6-8)12-7-13-10/h3-4,6-7H,5H2. The van der Waals surface area contributed by atoms with Gasteiger partial charge in [0.1, 0.15) is 5.52 Å². The van der Waals surface area contributed by atoms with Gasteiger partial charge in [-0.1, -0.05) is 27.8 Å². The maximum atomic E-state index is 5.11. The van der Waals surface area contributed by atoms with Crippen molar-refractivity contribution in [2.24, 2.45) is 0 Å². The van der Waals surface area contributed by atoms with E-state index in [1.165, 1.54) is 6.39 Å². The van der Waals surface area contributed by atoms with Crippen LogP contribution in [0, 0.1) is 11.8 Å². The lowest BCUT2D eigenvalue weighted by Crippen LogP contribution is -1.74. The van der Waals surface area contributed by atoms with E-state index in [2.05, 4.69) is 32.8 Å². The van der Waals surface area contributed by atoms with Crippen LogP contribution in [0.4, 0.5) is 0 Å². The minimum Gasteiger partial charge on any atom is -0.443 e. The third kappa shape index (κ3) is 1.73. The van der Waals surface area contributed by atoms with Crippen LogP contribution >= 0.6 is 15.9 Å². The van der Waals surface area contributed by atoms with E-state index in [4.69, 9.17) is 4.42 Å². The lowest BCUT2D eigenvalue weighted by molar-refractivity contribution is 0.602. The molecule has 0 fully saturated rings. The number of alkyl halides is 1. The molecule has 2 aromatic rings. The number of fused-ring (bicyclic) bond motifs is 1. The SMILES string of the molecule is BrCC#Cc1ccc2ocnc2c1. The van der Waals surface area contributed by atoms with Gasteiger partial charge in [0.25, 0.3) is 0 Å². The summed E-state index contributed by atoms with van der Waals surface area (Å²) in [5.74, 6) is 5.93. The van der Waals surface area contributed by atoms with Crippen LogP contribution in [0.15, 0.2) is 29.0 Å². The van der Waals surface area contributed by atoms with Crippen molar-refractivity contribution in [2.45, 2.75) is 0 Å². The van der Waals surface area contributed by atoms with Crippen molar-refractivity contribution in [3.8, 4) is 11.8 Å². The van der Waals surface area contributed by atoms with E-state index in [9.17, 15) is 0 Å². The Bertz CT molecular complexity index is 478. The monoisotopic (exact) mass is 235 g/mol. The van der Waals surface area contributed by atoms with Crippen LogP contribution in [0.5, 0.6) is 0 Å². The number of rotatable bonds is 0. The Kier molecular flexibility index (Phi) is 2.33. The highest BCUT2D eigenvalue weighted by Crippen LogP contribution is 2.13. The van der Waals surface area contributed by atoms with Crippen molar-refractivity contribution in [3.63, 3.8) is 0 Å². The highest BCUT2D eigenvalue weighted by molar-refractivity contribution is 9.09. The number of benzene rings is 1. The van der Waals surface area contributed by atoms with Gasteiger partial charge in [0.05, 0.1) is 5.33 Å². The molecule has 0 amide bonds. The third-order valence-electron chi connectivity index (χ3n) is 1.63. The molecule has 0 radical (unpaired) electrons. The molecule has 0 atom stereocenters. The van der Waals surface area contributed by atoms with Gasteiger partial charge in [-0.3, -0.25) is 0 Å². The Morgan fingerprint density at radius 1 is 1.46 bits per heavy atom. The molecule has 2 rings (SSSR count). The summed E-state index contributed by atoms with van der Waals surface area (Å²) in [6, 6.07) is 5.71. The highest BCUT2D eigenvalue weighted by Gasteiger charge is 1.96. The second-order valence-electron chi connectivity index (χ2n) is 2.47. The van der Waals surface area contributed by atoms with Crippen LogP contribution in [-0.2, 0) is 0 Å². The molecular formula is C10H6BrNO. The molecular weight excluding hydrogens is 230 g/mol. The molecule has 1 aromatic heterocycles. The van der Waals surface area contributed by atoms with Crippen LogP contribution in [0.3, 0.4) is 0 Å². The topological polar surface area (TPSA) is 26.0 Å². The van der Waals surface area contributed by atoms with Gasteiger partial charge in [-0.25, -0.2) is 4.98 Å². The average molecular weight is 236 g/mol. The van der Waals surface area contributed by atoms with Gasteiger partial charge in [-0.05, 0) is 18.2 Å². The van der Waals surface area contributed by atoms with Gasteiger partial charge in [-0.2, -0.15) is 0 Å². The molecule has 0 bridgehead atoms. The van der Waals surface area contributed by atoms with E-state index in [0.29, 0.717) is 5.33 Å². The summed E-state index contributed by atoms with van der Waals surface area (Å²) >= 11 is 3.24. The zero-order chi connectivity index (χ0) is 9.10. The minimum absolute atomic E-state index is 0.684. The molecule has 0 unspecified atom stereocenters. The zero-order valence-corrected chi connectivity index (χ0v) is 8.34. The maximum Gasteiger partial charge on any atom is 0.181 e. The Morgan fingerprint density at radius 2 is 2.38 bits per heavy atom. The zero-order valence-electron chi connectivity index (χ0n) is 6.75. The van der Waals surface area contributed by atoms with Crippen molar-refractivity contribution >= 4 is 27.0 Å². The smallest absolute Gasteiger partial charge is 0.181 e. The first-order chi connectivity index (χ1) is 6.40. The molecule has 0 aliphatic rings. The number of hydrogen-bond donors (Lipinski definition) is 0. The van der Waals surface area contributed by atoms with Crippen LogP contribution in [0.25, 0.3) is 11.1 Å². The van der Waals surface area contributed by atoms with Crippen LogP contribution in [0.1, 0.15) is 5.56 Å². The molecule has 13 heavy (non-hydrogen) atoms. The predicted octanol–water partition coefficient (Wildman–Crippen LogP) is 2.57. The first-order valence-corrected chi connectivity index (χ1v) is 4.90. The van der Waals surface area contributed by atoms with Crippen molar-refractivity contribution in [1.82, 2.24) is 4.98 Å². The van der Waals surface area contributed by atoms with Gasteiger partial charge in [-0.15, -0.1) is 0 Å². The lowest BCUT2D eigenvalue weighted by atomic mass is 10.2. The lowest BCUT2D eigenvalue weighted by Gasteiger charge is -1.88. The molecule has 0 aliphatic carbocycles. The van der Waals surface area contributed by atoms with E-state index in [0.717, 1.165) is 16.7 Å². The summed E-state index contributed by atoms with van der Waals surface area (Å²) in [6.07, 6.45) is 1.44. The quantitative estimate of drug-likeness (QED) is 0.519. The summed E-state index contributed by atoms with van der Waals surface area (Å²) in [4.78, 5) is 4.04. The second kappa shape index (κ2) is 3.63. The van der Waals surface area contributed by atoms with Crippen LogP contribution in [0.2, 0.25) is 0 Å². The molecule has 0 aliphatic heterocycles. The number of halogens is 1. The van der Waals surface area contributed by atoms with E-state index in [1.54, 1.807) is 0 Å². The Labute approximate surface area is 84.1 Å². The molecule has 64 valence electrons. The highest BCUT2D eigenvalue weighted by atomic mass is 79.9. The summed E-state index contributed by atoms with van der Waals surface area (Å²) in [6.45, 7) is 0. The summed E-state index contributed by atoms with van der Waals surface area (Å²) < 4.78 is 5.11. The summed E-state index contributed by atoms with van der Waals surface area (Å²) in [5, 5.41) is 0.684. The number of oxazole rings is 1. The van der Waals surface area contributed by atoms with Gasteiger partial charge in [0.15, 0.2) is 12.0 Å². The maximum absolute atomic E-state index is 5.11. The van der Waals surface area contributed by atoms with E-state index >= 15 is 0 Å². The Hall–Kier alpha value is -1.27. The predicted molar refractivity (Wildman–Crippen MR) is 54.7 cm³/mol. The Balaban J connectivity index is 2.48. The van der Waals surface area contributed by atoms with Gasteiger partial charge in [0, 0.05) is 5.56 Å². The number of aromatic nitrogens is 1. The Morgan fingerprint density at radius 3 is 3.23 bits per heavy atom. The summed E-state index contributed by atoms with van der Waals surface area (Å²) in [5.41, 5.74) is 2.60. The fourth-order valence-corrected chi connectivity index (χ4v) is 1.21. The first kappa shape index (κ1) is 8.33. The van der Waals surface area contributed by atoms with E-state index in [1.807, 2.05) is 18.2 Å². The van der Waals surface area contributed by atoms with E-state index < -0.39 is 0 Å². The average Bonchev–Trinajstić information content (AvgIpc) is 2.61. The number of nitrogens with zero attached hydrogens (tertiary/aromatic N) is 1. The second-order valence-corrected chi connectivity index (χ2v) is 3.03. The third-order valence-corrected chi connectivity index (χ3v) is 1.91. The summed E-state index contributed by atoms with van der Waals surface area (Å²) in [7, 11) is 0. The molecule has 0 saturated heterocycles. The van der Waals surface area contributed by atoms with Crippen LogP contribution < -0.4 is 0 Å². The minimum atomic E-state index is 0.684. The van der Waals surface area contributed by atoms with Crippen molar-refractivity contribution in [1.29, 1.82) is 0 Å². The van der Waals surface area contributed by atoms with Gasteiger partial charge >= 0.3 is 0 Å². The molecule has 0 saturated carbocycles. The molecule has 1 heterocycles. The first-order valence-electron chi connectivity index (χ1n) is 3.78. The van der Waals surface area contributed by atoms with Gasteiger partial charge < -0.3 is 4.42 Å². The molecule has 1 aromatic carbocycles. The van der Waals surface area contributed by atoms with Crippen molar-refractivity contribution < 1.29 is 4.42 Å². The number of hydrogen-bond acceptors (Lipinski definition) is 2. The molecule has 3 heteroatoms. The largest absolute Gasteiger partial charge is 0.443 e. The molecule has 2 nitrogen and oxygen atoms in total. The van der Waals surface area contributed by atoms with Crippen molar-refractivity contribution in [2.75, 3.05) is 5.33 Å². The molecule has 0 spiro atoms. The normalized spacial score (nSPS) is 9.62. The molecule has 0 N–H and O–H groups in total. The fraction of sp³-hybridized carbons (Fsp3) is 0.100. The fourth-order valence-electron chi connectivity index (χ4n) is 1.07.